The Morgan fingerprint density at radius 3 is 1.53 bits per heavy atom. The van der Waals surface area contributed by atoms with Gasteiger partial charge in [0.2, 0.25) is 0 Å². The van der Waals surface area contributed by atoms with Crippen molar-refractivity contribution >= 4 is 43.9 Å². The highest BCUT2D eigenvalue weighted by atomic mass is 15.1. The number of benzene rings is 8. The molecule has 0 fully saturated rings. The molecule has 0 saturated heterocycles. The molecule has 1 aliphatic carbocycles. The normalized spacial score (nSPS) is 11.9. The summed E-state index contributed by atoms with van der Waals surface area (Å²) in [6.45, 7) is 3.15. The Kier molecular flexibility index (Phi) is 7.28. The number of para-hydroxylation sites is 2. The zero-order valence-corrected chi connectivity index (χ0v) is 30.6. The molecule has 10 aromatic rings. The molecule has 2 heterocycles. The van der Waals surface area contributed by atoms with Crippen LogP contribution in [0.2, 0.25) is 0 Å². The number of hydrogen-bond donors (Lipinski definition) is 0. The third-order valence-corrected chi connectivity index (χ3v) is 11.5. The molecular formula is C52H37N3. The van der Waals surface area contributed by atoms with Gasteiger partial charge in [-0.05, 0) is 108 Å². The molecule has 0 amide bonds. The smallest absolute Gasteiger partial charge is 0.160 e. The van der Waals surface area contributed by atoms with E-state index in [9.17, 15) is 0 Å². The summed E-state index contributed by atoms with van der Waals surface area (Å²) in [7, 11) is 0. The lowest BCUT2D eigenvalue weighted by molar-refractivity contribution is 0.661. The lowest BCUT2D eigenvalue weighted by atomic mass is 9.76. The van der Waals surface area contributed by atoms with E-state index in [0.29, 0.717) is 0 Å². The first-order valence-corrected chi connectivity index (χ1v) is 19.4. The van der Waals surface area contributed by atoms with Crippen molar-refractivity contribution in [2.24, 2.45) is 0 Å². The van der Waals surface area contributed by atoms with E-state index in [1.54, 1.807) is 0 Å². The molecular weight excluding hydrogens is 667 g/mol. The van der Waals surface area contributed by atoms with Crippen LogP contribution in [0.4, 0.5) is 0 Å². The summed E-state index contributed by atoms with van der Waals surface area (Å²) in [6, 6.07) is 62.0. The Hall–Kier alpha value is -6.84. The minimum atomic E-state index is 0.895. The van der Waals surface area contributed by atoms with Gasteiger partial charge in [-0.25, -0.2) is 9.97 Å². The van der Waals surface area contributed by atoms with Gasteiger partial charge in [0.15, 0.2) is 5.65 Å². The molecule has 55 heavy (non-hydrogen) atoms. The fourth-order valence-corrected chi connectivity index (χ4v) is 9.15. The third-order valence-electron chi connectivity index (χ3n) is 11.5. The van der Waals surface area contributed by atoms with Crippen LogP contribution in [-0.2, 0) is 6.54 Å². The van der Waals surface area contributed by atoms with Gasteiger partial charge in [0.1, 0.15) is 5.52 Å². The molecule has 0 atom stereocenters. The zero-order valence-electron chi connectivity index (χ0n) is 30.6. The summed E-state index contributed by atoms with van der Waals surface area (Å²) in [5, 5.41) is 3.72. The number of aryl methyl sites for hydroxylation is 1. The molecule has 0 unspecified atom stereocenters. The van der Waals surface area contributed by atoms with Gasteiger partial charge in [0.05, 0.1) is 16.6 Å². The van der Waals surface area contributed by atoms with Crippen molar-refractivity contribution in [3.63, 3.8) is 0 Å². The van der Waals surface area contributed by atoms with Crippen molar-refractivity contribution in [1.29, 1.82) is 0 Å². The average Bonchev–Trinajstić information content (AvgIpc) is 3.74. The average molecular weight is 704 g/mol. The van der Waals surface area contributed by atoms with Crippen molar-refractivity contribution < 1.29 is 0 Å². The monoisotopic (exact) mass is 703 g/mol. The van der Waals surface area contributed by atoms with Gasteiger partial charge in [0, 0.05) is 11.9 Å². The summed E-state index contributed by atoms with van der Waals surface area (Å²) in [5.74, 6) is 0. The van der Waals surface area contributed by atoms with Crippen LogP contribution < -0.4 is 0 Å². The Balaban J connectivity index is 1.35. The molecule has 8 aromatic carbocycles. The van der Waals surface area contributed by atoms with E-state index in [4.69, 9.17) is 9.97 Å². The minimum Gasteiger partial charge on any atom is -0.324 e. The van der Waals surface area contributed by atoms with Crippen LogP contribution in [0.15, 0.2) is 170 Å². The van der Waals surface area contributed by atoms with Gasteiger partial charge in [-0.1, -0.05) is 159 Å². The van der Waals surface area contributed by atoms with Gasteiger partial charge >= 0.3 is 0 Å². The predicted molar refractivity (Wildman–Crippen MR) is 231 cm³/mol. The quantitative estimate of drug-likeness (QED) is 0.165. The van der Waals surface area contributed by atoms with Crippen LogP contribution in [0.25, 0.3) is 111 Å². The highest BCUT2D eigenvalue weighted by Crippen LogP contribution is 2.60. The largest absolute Gasteiger partial charge is 0.324 e. The molecule has 11 rings (SSSR count). The molecule has 0 N–H and O–H groups in total. The third kappa shape index (κ3) is 4.83. The summed E-state index contributed by atoms with van der Waals surface area (Å²) in [4.78, 5) is 10.6. The summed E-state index contributed by atoms with van der Waals surface area (Å²) in [6.07, 6.45) is 2.18. The number of unbranched alkanes of at least 4 members (excludes halogenated alkanes) is 1. The molecule has 0 radical (unpaired) electrons. The standard InChI is InChI=1S/C52H37N3/c1-2-3-31-55-43-30-29-37(32-40(43)51-52(55)54-42-28-14-13-27-41(42)53-51)48-45(34-17-7-4-8-18-34)46(35-19-9-5-10-20-35)49-38-25-15-23-33-24-16-26-39(44(33)38)50(49)47(48)36-21-11-6-12-22-36/h4-30,32H,2-3,31H2,1H3. The molecule has 3 heteroatoms. The van der Waals surface area contributed by atoms with Crippen LogP contribution in [0.3, 0.4) is 0 Å². The maximum Gasteiger partial charge on any atom is 0.160 e. The molecule has 1 aliphatic rings. The van der Waals surface area contributed by atoms with Crippen LogP contribution in [-0.4, -0.2) is 14.5 Å². The van der Waals surface area contributed by atoms with Gasteiger partial charge in [0.25, 0.3) is 0 Å². The first-order chi connectivity index (χ1) is 27.3. The highest BCUT2D eigenvalue weighted by molar-refractivity contribution is 6.26. The lowest BCUT2D eigenvalue weighted by Gasteiger charge is -2.26. The molecule has 3 nitrogen and oxygen atoms in total. The molecule has 0 spiro atoms. The second-order valence-corrected chi connectivity index (χ2v) is 14.7. The first-order valence-electron chi connectivity index (χ1n) is 19.4. The van der Waals surface area contributed by atoms with Crippen molar-refractivity contribution in [2.45, 2.75) is 26.3 Å². The van der Waals surface area contributed by atoms with Crippen molar-refractivity contribution in [1.82, 2.24) is 14.5 Å². The lowest BCUT2D eigenvalue weighted by Crippen LogP contribution is -2.00. The Labute approximate surface area is 320 Å². The van der Waals surface area contributed by atoms with E-state index in [-0.39, 0.29) is 0 Å². The van der Waals surface area contributed by atoms with Crippen molar-refractivity contribution in [2.75, 3.05) is 0 Å². The van der Waals surface area contributed by atoms with Gasteiger partial charge in [-0.15, -0.1) is 0 Å². The molecule has 0 aliphatic heterocycles. The Bertz CT molecular complexity index is 3100. The van der Waals surface area contributed by atoms with E-state index >= 15 is 0 Å². The second kappa shape index (κ2) is 12.6. The SMILES string of the molecule is CCCCn1c2ccc(-c3c(-c4ccccc4)c(-c4ccccc4)c4c(c3-c3ccccc3)-c3cccc5cccc-4c35)cc2c2nc3ccccc3nc21. The fraction of sp³-hybridized carbons (Fsp3) is 0.0769. The highest BCUT2D eigenvalue weighted by Gasteiger charge is 2.34. The van der Waals surface area contributed by atoms with E-state index in [1.807, 2.05) is 6.07 Å². The van der Waals surface area contributed by atoms with Crippen LogP contribution in [0, 0.1) is 0 Å². The number of aromatic nitrogens is 3. The van der Waals surface area contributed by atoms with E-state index in [0.717, 1.165) is 52.5 Å². The maximum atomic E-state index is 5.32. The van der Waals surface area contributed by atoms with Crippen LogP contribution in [0.1, 0.15) is 19.8 Å². The van der Waals surface area contributed by atoms with Gasteiger partial charge in [-0.3, -0.25) is 0 Å². The Morgan fingerprint density at radius 2 is 0.964 bits per heavy atom. The Morgan fingerprint density at radius 1 is 0.455 bits per heavy atom. The van der Waals surface area contributed by atoms with E-state index < -0.39 is 0 Å². The molecule has 0 bridgehead atoms. The van der Waals surface area contributed by atoms with Crippen molar-refractivity contribution in [3.05, 3.63) is 170 Å². The summed E-state index contributed by atoms with van der Waals surface area (Å²) in [5.41, 5.74) is 19.8. The molecule has 260 valence electrons. The molecule has 0 saturated carbocycles. The number of rotatable bonds is 7. The van der Waals surface area contributed by atoms with E-state index in [2.05, 4.69) is 175 Å². The molecule has 2 aromatic heterocycles. The minimum absolute atomic E-state index is 0.895. The first kappa shape index (κ1) is 31.7. The summed E-state index contributed by atoms with van der Waals surface area (Å²) >= 11 is 0. The van der Waals surface area contributed by atoms with Crippen LogP contribution >= 0.6 is 0 Å². The van der Waals surface area contributed by atoms with E-state index in [1.165, 1.54) is 77.5 Å². The topological polar surface area (TPSA) is 30.7 Å². The van der Waals surface area contributed by atoms with Crippen molar-refractivity contribution in [3.8, 4) is 66.8 Å². The van der Waals surface area contributed by atoms with Gasteiger partial charge in [-0.2, -0.15) is 0 Å². The number of fused-ring (bicyclic) bond motifs is 7. The van der Waals surface area contributed by atoms with Gasteiger partial charge < -0.3 is 4.57 Å². The maximum absolute atomic E-state index is 5.32. The summed E-state index contributed by atoms with van der Waals surface area (Å²) < 4.78 is 2.39. The second-order valence-electron chi connectivity index (χ2n) is 14.7. The zero-order chi connectivity index (χ0) is 36.5. The predicted octanol–water partition coefficient (Wildman–Crippen LogP) is 14.0. The fourth-order valence-electron chi connectivity index (χ4n) is 9.15. The number of nitrogens with zero attached hydrogens (tertiary/aromatic N) is 3. The number of hydrogen-bond acceptors (Lipinski definition) is 2. The van der Waals surface area contributed by atoms with Crippen LogP contribution in [0.5, 0.6) is 0 Å².